The van der Waals surface area contributed by atoms with E-state index in [1.54, 1.807) is 0 Å². The molecule has 0 aliphatic heterocycles. The molecular formula is C13H26N2O3. The molecule has 0 bridgehead atoms. The summed E-state index contributed by atoms with van der Waals surface area (Å²) in [7, 11) is 0. The number of nitrogens with zero attached hydrogens (tertiary/aromatic N) is 2. The molecule has 0 aromatic heterocycles. The number of carboxylic acid groups (broad SMARTS) is 1. The first kappa shape index (κ1) is 16.9. The number of rotatable bonds is 9. The lowest BCUT2D eigenvalue weighted by molar-refractivity contribution is -0.147. The first-order valence-corrected chi connectivity index (χ1v) is 6.76. The van der Waals surface area contributed by atoms with Crippen LogP contribution in [0.5, 0.6) is 0 Å². The summed E-state index contributed by atoms with van der Waals surface area (Å²) in [5.74, 6) is -1.02. The second-order valence-electron chi connectivity index (χ2n) is 4.30. The predicted octanol–water partition coefficient (Wildman–Crippen LogP) is 1.43. The summed E-state index contributed by atoms with van der Waals surface area (Å²) in [4.78, 5) is 26.7. The van der Waals surface area contributed by atoms with Crippen molar-refractivity contribution in [2.75, 3.05) is 26.2 Å². The maximum absolute atomic E-state index is 12.4. The number of carbonyl (C=O) groups excluding carboxylic acids is 1. The molecule has 1 unspecified atom stereocenters. The standard InChI is InChI=1S/C13H26N2O3/c1-5-9-15(10-12(16)17)13(18)11(6-2)14(7-3)8-4/h11H,5-10H2,1-4H3,(H,16,17). The van der Waals surface area contributed by atoms with Crippen molar-refractivity contribution in [1.29, 1.82) is 0 Å². The zero-order chi connectivity index (χ0) is 14.1. The van der Waals surface area contributed by atoms with E-state index in [2.05, 4.69) is 4.90 Å². The van der Waals surface area contributed by atoms with Crippen molar-refractivity contribution >= 4 is 11.9 Å². The van der Waals surface area contributed by atoms with Crippen LogP contribution in [0, 0.1) is 0 Å². The highest BCUT2D eigenvalue weighted by atomic mass is 16.4. The highest BCUT2D eigenvalue weighted by Crippen LogP contribution is 2.09. The van der Waals surface area contributed by atoms with Gasteiger partial charge in [0.2, 0.25) is 5.91 Å². The molecule has 18 heavy (non-hydrogen) atoms. The van der Waals surface area contributed by atoms with Crippen LogP contribution >= 0.6 is 0 Å². The Labute approximate surface area is 110 Å². The van der Waals surface area contributed by atoms with Crippen LogP contribution in [0.3, 0.4) is 0 Å². The number of amides is 1. The maximum atomic E-state index is 12.4. The zero-order valence-electron chi connectivity index (χ0n) is 12.0. The monoisotopic (exact) mass is 258 g/mol. The second-order valence-corrected chi connectivity index (χ2v) is 4.30. The van der Waals surface area contributed by atoms with Crippen LogP contribution in [0.1, 0.15) is 40.5 Å². The molecule has 0 aliphatic carbocycles. The first-order valence-electron chi connectivity index (χ1n) is 6.76. The van der Waals surface area contributed by atoms with Crippen LogP contribution < -0.4 is 0 Å². The van der Waals surface area contributed by atoms with Gasteiger partial charge in [0.25, 0.3) is 0 Å². The summed E-state index contributed by atoms with van der Waals surface area (Å²) in [5, 5.41) is 8.86. The molecule has 1 atom stereocenters. The van der Waals surface area contributed by atoms with Crippen LogP contribution in [0.4, 0.5) is 0 Å². The van der Waals surface area contributed by atoms with Crippen LogP contribution in [0.15, 0.2) is 0 Å². The van der Waals surface area contributed by atoms with Crippen molar-refractivity contribution in [3.63, 3.8) is 0 Å². The molecule has 5 nitrogen and oxygen atoms in total. The quantitative estimate of drug-likeness (QED) is 0.679. The largest absolute Gasteiger partial charge is 0.480 e. The molecule has 106 valence electrons. The zero-order valence-corrected chi connectivity index (χ0v) is 12.0. The Morgan fingerprint density at radius 2 is 1.67 bits per heavy atom. The number of carboxylic acids is 1. The highest BCUT2D eigenvalue weighted by Gasteiger charge is 2.27. The summed E-state index contributed by atoms with van der Waals surface area (Å²) < 4.78 is 0. The Morgan fingerprint density at radius 3 is 2.00 bits per heavy atom. The fourth-order valence-electron chi connectivity index (χ4n) is 2.16. The van der Waals surface area contributed by atoms with E-state index in [4.69, 9.17) is 5.11 Å². The Kier molecular flexibility index (Phi) is 8.37. The van der Waals surface area contributed by atoms with Gasteiger partial charge in [0, 0.05) is 6.54 Å². The molecule has 0 aromatic rings. The smallest absolute Gasteiger partial charge is 0.323 e. The first-order chi connectivity index (χ1) is 8.51. The van der Waals surface area contributed by atoms with E-state index in [1.165, 1.54) is 4.90 Å². The van der Waals surface area contributed by atoms with Gasteiger partial charge < -0.3 is 10.0 Å². The molecule has 0 radical (unpaired) electrons. The summed E-state index contributed by atoms with van der Waals surface area (Å²) in [6.45, 7) is 9.84. The van der Waals surface area contributed by atoms with Gasteiger partial charge in [-0.1, -0.05) is 27.7 Å². The molecule has 0 spiro atoms. The molecule has 0 saturated heterocycles. The molecule has 0 saturated carbocycles. The molecule has 1 N–H and O–H groups in total. The summed E-state index contributed by atoms with van der Waals surface area (Å²) in [6.07, 6.45) is 1.48. The van der Waals surface area contributed by atoms with Gasteiger partial charge in [-0.15, -0.1) is 0 Å². The number of hydrogen-bond acceptors (Lipinski definition) is 3. The lowest BCUT2D eigenvalue weighted by Gasteiger charge is -2.32. The molecular weight excluding hydrogens is 232 g/mol. The Bertz CT molecular complexity index is 265. The van der Waals surface area contributed by atoms with E-state index >= 15 is 0 Å². The minimum Gasteiger partial charge on any atom is -0.480 e. The van der Waals surface area contributed by atoms with E-state index in [0.29, 0.717) is 13.0 Å². The van der Waals surface area contributed by atoms with Gasteiger partial charge in [-0.05, 0) is 25.9 Å². The van der Waals surface area contributed by atoms with Gasteiger partial charge in [0.05, 0.1) is 6.04 Å². The maximum Gasteiger partial charge on any atom is 0.323 e. The second kappa shape index (κ2) is 8.91. The predicted molar refractivity (Wildman–Crippen MR) is 71.5 cm³/mol. The van der Waals surface area contributed by atoms with Crippen molar-refractivity contribution in [3.8, 4) is 0 Å². The van der Waals surface area contributed by atoms with E-state index < -0.39 is 5.97 Å². The van der Waals surface area contributed by atoms with Crippen molar-refractivity contribution in [3.05, 3.63) is 0 Å². The Hall–Kier alpha value is -1.10. The number of hydrogen-bond donors (Lipinski definition) is 1. The van der Waals surface area contributed by atoms with E-state index in [1.807, 2.05) is 27.7 Å². The third-order valence-electron chi connectivity index (χ3n) is 3.06. The topological polar surface area (TPSA) is 60.9 Å². The summed E-state index contributed by atoms with van der Waals surface area (Å²) in [6, 6.07) is -0.203. The highest BCUT2D eigenvalue weighted by molar-refractivity contribution is 5.85. The molecule has 0 aromatic carbocycles. The number of likely N-dealkylation sites (N-methyl/N-ethyl adjacent to an activating group) is 1. The van der Waals surface area contributed by atoms with Gasteiger partial charge in [-0.25, -0.2) is 0 Å². The SMILES string of the molecule is CCCN(CC(=O)O)C(=O)C(CC)N(CC)CC. The molecule has 0 rings (SSSR count). The lowest BCUT2D eigenvalue weighted by atomic mass is 10.1. The molecule has 0 heterocycles. The average molecular weight is 258 g/mol. The summed E-state index contributed by atoms with van der Waals surface area (Å²) >= 11 is 0. The van der Waals surface area contributed by atoms with Crippen molar-refractivity contribution in [2.24, 2.45) is 0 Å². The Balaban J connectivity index is 4.83. The lowest BCUT2D eigenvalue weighted by Crippen LogP contribution is -2.50. The number of carbonyl (C=O) groups is 2. The van der Waals surface area contributed by atoms with E-state index in [0.717, 1.165) is 19.5 Å². The molecule has 0 aliphatic rings. The third kappa shape index (κ3) is 5.04. The summed E-state index contributed by atoms with van der Waals surface area (Å²) in [5.41, 5.74) is 0. The van der Waals surface area contributed by atoms with Crippen molar-refractivity contribution in [1.82, 2.24) is 9.80 Å². The van der Waals surface area contributed by atoms with Crippen LogP contribution in [0.25, 0.3) is 0 Å². The normalized spacial score (nSPS) is 12.5. The van der Waals surface area contributed by atoms with Crippen LogP contribution in [0.2, 0.25) is 0 Å². The average Bonchev–Trinajstić information content (AvgIpc) is 2.34. The fraction of sp³-hybridized carbons (Fsp3) is 0.846. The van der Waals surface area contributed by atoms with Crippen LogP contribution in [-0.4, -0.2) is 59.0 Å². The minimum atomic E-state index is -0.953. The Morgan fingerprint density at radius 1 is 1.11 bits per heavy atom. The van der Waals surface area contributed by atoms with Gasteiger partial charge in [0.1, 0.15) is 6.54 Å². The van der Waals surface area contributed by atoms with Gasteiger partial charge in [0.15, 0.2) is 0 Å². The van der Waals surface area contributed by atoms with Gasteiger partial charge in [-0.2, -0.15) is 0 Å². The molecule has 0 fully saturated rings. The third-order valence-corrected chi connectivity index (χ3v) is 3.06. The van der Waals surface area contributed by atoms with Gasteiger partial charge >= 0.3 is 5.97 Å². The van der Waals surface area contributed by atoms with Gasteiger partial charge in [-0.3, -0.25) is 14.5 Å². The van der Waals surface area contributed by atoms with E-state index in [9.17, 15) is 9.59 Å². The molecule has 5 heteroatoms. The fourth-order valence-corrected chi connectivity index (χ4v) is 2.16. The van der Waals surface area contributed by atoms with E-state index in [-0.39, 0.29) is 18.5 Å². The number of aliphatic carboxylic acids is 1. The van der Waals surface area contributed by atoms with Crippen molar-refractivity contribution < 1.29 is 14.7 Å². The minimum absolute atomic E-state index is 0.0644. The molecule has 1 amide bonds. The van der Waals surface area contributed by atoms with Crippen LogP contribution in [-0.2, 0) is 9.59 Å². The van der Waals surface area contributed by atoms with Crippen molar-refractivity contribution in [2.45, 2.75) is 46.6 Å².